The van der Waals surface area contributed by atoms with Crippen LogP contribution in [0.1, 0.15) is 37.3 Å². The average molecular weight is 205 g/mol. The summed E-state index contributed by atoms with van der Waals surface area (Å²) in [5.74, 6) is 0. The molecule has 1 spiro atoms. The van der Waals surface area contributed by atoms with Gasteiger partial charge < -0.3 is 5.32 Å². The monoisotopic (exact) mass is 205 g/mol. The van der Waals surface area contributed by atoms with Gasteiger partial charge in [-0.05, 0) is 56.7 Å². The molecule has 2 heterocycles. The van der Waals surface area contributed by atoms with Gasteiger partial charge in [-0.2, -0.15) is 5.10 Å². The molecule has 0 aromatic carbocycles. The van der Waals surface area contributed by atoms with Crippen LogP contribution in [-0.4, -0.2) is 22.9 Å². The molecular weight excluding hydrogens is 186 g/mol. The summed E-state index contributed by atoms with van der Waals surface area (Å²) in [5.41, 5.74) is 1.94. The lowest BCUT2D eigenvalue weighted by atomic mass is 9.60. The highest BCUT2D eigenvalue weighted by molar-refractivity contribution is 5.05. The molecule has 1 saturated heterocycles. The van der Waals surface area contributed by atoms with Crippen molar-refractivity contribution in [3.05, 3.63) is 18.0 Å². The van der Waals surface area contributed by atoms with E-state index in [0.717, 1.165) is 0 Å². The van der Waals surface area contributed by atoms with E-state index in [0.29, 0.717) is 11.5 Å². The number of rotatable bonds is 1. The third-order valence-electron chi connectivity index (χ3n) is 4.11. The number of aryl methyl sites for hydroxylation is 1. The van der Waals surface area contributed by atoms with Crippen LogP contribution in [0.4, 0.5) is 0 Å². The summed E-state index contributed by atoms with van der Waals surface area (Å²) in [4.78, 5) is 0. The summed E-state index contributed by atoms with van der Waals surface area (Å²) in [6.45, 7) is 4.54. The summed E-state index contributed by atoms with van der Waals surface area (Å²) in [7, 11) is 0. The van der Waals surface area contributed by atoms with Crippen molar-refractivity contribution in [2.75, 3.05) is 13.1 Å². The van der Waals surface area contributed by atoms with Crippen molar-refractivity contribution in [1.29, 1.82) is 0 Å². The highest BCUT2D eigenvalue weighted by Gasteiger charge is 2.45. The molecule has 82 valence electrons. The number of aromatic nitrogens is 2. The van der Waals surface area contributed by atoms with Crippen molar-refractivity contribution in [3.8, 4) is 0 Å². The van der Waals surface area contributed by atoms with Crippen LogP contribution in [0.5, 0.6) is 0 Å². The minimum atomic E-state index is 0.662. The molecule has 0 unspecified atom stereocenters. The van der Waals surface area contributed by atoms with Gasteiger partial charge in [-0.1, -0.05) is 0 Å². The zero-order valence-corrected chi connectivity index (χ0v) is 9.37. The average Bonchev–Trinajstić information content (AvgIpc) is 2.62. The van der Waals surface area contributed by atoms with E-state index in [2.05, 4.69) is 28.2 Å². The Morgan fingerprint density at radius 1 is 1.40 bits per heavy atom. The zero-order valence-electron chi connectivity index (χ0n) is 9.37. The fraction of sp³-hybridized carbons (Fsp3) is 0.750. The third kappa shape index (κ3) is 1.59. The van der Waals surface area contributed by atoms with E-state index in [-0.39, 0.29) is 0 Å². The summed E-state index contributed by atoms with van der Waals surface area (Å²) in [5, 5.41) is 7.86. The number of hydrogen-bond donors (Lipinski definition) is 1. The van der Waals surface area contributed by atoms with Gasteiger partial charge in [0.1, 0.15) is 0 Å². The van der Waals surface area contributed by atoms with Crippen LogP contribution < -0.4 is 5.32 Å². The first-order valence-electron chi connectivity index (χ1n) is 5.99. The van der Waals surface area contributed by atoms with Gasteiger partial charge in [0.2, 0.25) is 0 Å². The van der Waals surface area contributed by atoms with Crippen LogP contribution in [0.2, 0.25) is 0 Å². The highest BCUT2D eigenvalue weighted by Crippen LogP contribution is 2.53. The minimum Gasteiger partial charge on any atom is -0.317 e. The summed E-state index contributed by atoms with van der Waals surface area (Å²) in [6.07, 6.45) is 9.56. The van der Waals surface area contributed by atoms with Gasteiger partial charge in [0, 0.05) is 6.20 Å². The topological polar surface area (TPSA) is 29.9 Å². The normalized spacial score (nSPS) is 25.4. The van der Waals surface area contributed by atoms with Crippen molar-refractivity contribution in [3.63, 3.8) is 0 Å². The fourth-order valence-corrected chi connectivity index (χ4v) is 3.13. The van der Waals surface area contributed by atoms with E-state index in [4.69, 9.17) is 0 Å². The van der Waals surface area contributed by atoms with Gasteiger partial charge in [-0.3, -0.25) is 4.68 Å². The molecule has 0 atom stereocenters. The van der Waals surface area contributed by atoms with Crippen LogP contribution in [-0.2, 0) is 0 Å². The van der Waals surface area contributed by atoms with Gasteiger partial charge in [0.25, 0.3) is 0 Å². The quantitative estimate of drug-likeness (QED) is 0.759. The molecule has 1 aliphatic carbocycles. The Balaban J connectivity index is 1.65. The van der Waals surface area contributed by atoms with Crippen molar-refractivity contribution < 1.29 is 0 Å². The van der Waals surface area contributed by atoms with Gasteiger partial charge >= 0.3 is 0 Å². The summed E-state index contributed by atoms with van der Waals surface area (Å²) in [6, 6.07) is 0.678. The molecule has 3 nitrogen and oxygen atoms in total. The number of nitrogens with zero attached hydrogens (tertiary/aromatic N) is 2. The molecule has 1 saturated carbocycles. The van der Waals surface area contributed by atoms with Crippen molar-refractivity contribution in [2.45, 2.75) is 38.6 Å². The molecule has 1 aromatic heterocycles. The lowest BCUT2D eigenvalue weighted by molar-refractivity contribution is 0.0230. The highest BCUT2D eigenvalue weighted by atomic mass is 15.3. The van der Waals surface area contributed by atoms with Gasteiger partial charge in [0.15, 0.2) is 0 Å². The van der Waals surface area contributed by atoms with E-state index in [9.17, 15) is 0 Å². The first kappa shape index (κ1) is 9.40. The van der Waals surface area contributed by atoms with Gasteiger partial charge in [0.05, 0.1) is 12.2 Å². The largest absolute Gasteiger partial charge is 0.317 e. The third-order valence-corrected chi connectivity index (χ3v) is 4.11. The smallest absolute Gasteiger partial charge is 0.0530 e. The minimum absolute atomic E-state index is 0.662. The molecule has 1 aliphatic heterocycles. The Morgan fingerprint density at radius 3 is 2.73 bits per heavy atom. The zero-order chi connectivity index (χ0) is 10.3. The maximum atomic E-state index is 4.42. The Labute approximate surface area is 90.9 Å². The van der Waals surface area contributed by atoms with E-state index in [1.165, 1.54) is 44.3 Å². The van der Waals surface area contributed by atoms with Crippen molar-refractivity contribution >= 4 is 0 Å². The summed E-state index contributed by atoms with van der Waals surface area (Å²) < 4.78 is 2.17. The molecule has 2 aliphatic rings. The van der Waals surface area contributed by atoms with Crippen LogP contribution in [0.15, 0.2) is 12.4 Å². The predicted molar refractivity (Wildman–Crippen MR) is 59.8 cm³/mol. The molecular formula is C12H19N3. The Hall–Kier alpha value is -0.830. The van der Waals surface area contributed by atoms with Gasteiger partial charge in [-0.25, -0.2) is 0 Å². The maximum absolute atomic E-state index is 4.42. The second-order valence-electron chi connectivity index (χ2n) is 5.31. The van der Waals surface area contributed by atoms with Crippen LogP contribution in [0.25, 0.3) is 0 Å². The molecule has 0 radical (unpaired) electrons. The first-order chi connectivity index (χ1) is 7.27. The molecule has 3 rings (SSSR count). The molecule has 0 amide bonds. The molecule has 2 fully saturated rings. The predicted octanol–water partition coefficient (Wildman–Crippen LogP) is 1.90. The van der Waals surface area contributed by atoms with E-state index in [1.54, 1.807) is 0 Å². The van der Waals surface area contributed by atoms with Gasteiger partial charge in [-0.15, -0.1) is 0 Å². The lowest BCUT2D eigenvalue weighted by Crippen LogP contribution is -2.46. The van der Waals surface area contributed by atoms with E-state index in [1.807, 2.05) is 6.20 Å². The Kier molecular flexibility index (Phi) is 2.09. The van der Waals surface area contributed by atoms with Crippen molar-refractivity contribution in [2.24, 2.45) is 5.41 Å². The Bertz CT molecular complexity index is 342. The van der Waals surface area contributed by atoms with Crippen LogP contribution in [0.3, 0.4) is 0 Å². The van der Waals surface area contributed by atoms with Crippen molar-refractivity contribution in [1.82, 2.24) is 15.1 Å². The van der Waals surface area contributed by atoms with Crippen LogP contribution in [0, 0.1) is 12.3 Å². The summed E-state index contributed by atoms with van der Waals surface area (Å²) >= 11 is 0. The molecule has 1 N–H and O–H groups in total. The Morgan fingerprint density at radius 2 is 2.13 bits per heavy atom. The maximum Gasteiger partial charge on any atom is 0.0530 e. The second-order valence-corrected chi connectivity index (χ2v) is 5.31. The standard InChI is InChI=1S/C12H19N3/c1-10-8-14-15(9-10)11-6-12(7-11)2-4-13-5-3-12/h8-9,11,13H,2-7H2,1H3. The molecule has 3 heteroatoms. The van der Waals surface area contributed by atoms with E-state index >= 15 is 0 Å². The molecule has 15 heavy (non-hydrogen) atoms. The molecule has 0 bridgehead atoms. The van der Waals surface area contributed by atoms with E-state index < -0.39 is 0 Å². The molecule has 1 aromatic rings. The fourth-order valence-electron chi connectivity index (χ4n) is 3.13. The first-order valence-corrected chi connectivity index (χ1v) is 5.99. The SMILES string of the molecule is Cc1cnn(C2CC3(CCNCC3)C2)c1. The van der Waals surface area contributed by atoms with Crippen LogP contribution >= 0.6 is 0 Å². The second kappa shape index (κ2) is 3.34. The number of piperidine rings is 1. The number of nitrogens with one attached hydrogen (secondary N) is 1. The lowest BCUT2D eigenvalue weighted by Gasteiger charge is -2.50. The number of hydrogen-bond acceptors (Lipinski definition) is 2.